The summed E-state index contributed by atoms with van der Waals surface area (Å²) < 4.78 is 27.0. The third kappa shape index (κ3) is 3.39. The molecule has 2 N–H and O–H groups in total. The number of halogens is 2. The minimum Gasteiger partial charge on any atom is -0.361 e. The molecule has 0 unspecified atom stereocenters. The number of aromatic nitrogens is 1. The van der Waals surface area contributed by atoms with Gasteiger partial charge in [-0.1, -0.05) is 24.3 Å². The molecule has 0 aliphatic heterocycles. The lowest BCUT2D eigenvalue weighted by Crippen LogP contribution is -2.24. The van der Waals surface area contributed by atoms with Gasteiger partial charge >= 0.3 is 0 Å². The van der Waals surface area contributed by atoms with Gasteiger partial charge in [-0.25, -0.2) is 8.78 Å². The molecule has 3 aromatic rings. The van der Waals surface area contributed by atoms with Crippen LogP contribution >= 0.6 is 0 Å². The van der Waals surface area contributed by atoms with E-state index in [0.29, 0.717) is 6.42 Å². The highest BCUT2D eigenvalue weighted by molar-refractivity contribution is 5.84. The normalized spacial score (nSPS) is 10.9. The van der Waals surface area contributed by atoms with Gasteiger partial charge in [-0.3, -0.25) is 4.79 Å². The molecule has 0 saturated heterocycles. The van der Waals surface area contributed by atoms with E-state index in [4.69, 9.17) is 0 Å². The van der Waals surface area contributed by atoms with Crippen molar-refractivity contribution >= 4 is 16.8 Å². The predicted molar refractivity (Wildman–Crippen MR) is 84.8 cm³/mol. The highest BCUT2D eigenvalue weighted by Crippen LogP contribution is 2.19. The number of nitrogens with one attached hydrogen (secondary N) is 2. The van der Waals surface area contributed by atoms with Gasteiger partial charge in [-0.15, -0.1) is 0 Å². The van der Waals surface area contributed by atoms with Crippen LogP contribution in [0.3, 0.4) is 0 Å². The second kappa shape index (κ2) is 6.60. The van der Waals surface area contributed by atoms with Gasteiger partial charge < -0.3 is 10.3 Å². The first-order valence-electron chi connectivity index (χ1n) is 7.40. The molecule has 2 aromatic carbocycles. The summed E-state index contributed by atoms with van der Waals surface area (Å²) in [5, 5.41) is 3.65. The highest BCUT2D eigenvalue weighted by Gasteiger charge is 2.11. The van der Waals surface area contributed by atoms with Crippen molar-refractivity contribution in [1.82, 2.24) is 10.3 Å². The Morgan fingerprint density at radius 3 is 2.57 bits per heavy atom. The van der Waals surface area contributed by atoms with E-state index in [9.17, 15) is 13.6 Å². The third-order valence-electron chi connectivity index (χ3n) is 3.82. The first-order valence-corrected chi connectivity index (χ1v) is 7.40. The summed E-state index contributed by atoms with van der Waals surface area (Å²) in [6, 6.07) is 11.5. The van der Waals surface area contributed by atoms with Gasteiger partial charge in [0, 0.05) is 35.6 Å². The number of benzene rings is 2. The summed E-state index contributed by atoms with van der Waals surface area (Å²) >= 11 is 0. The van der Waals surface area contributed by atoms with Crippen molar-refractivity contribution in [2.24, 2.45) is 0 Å². The SMILES string of the molecule is O=C(CCc1c[nH]c2ccccc12)NCc1c(F)cccc1F. The number of rotatable bonds is 5. The predicted octanol–water partition coefficient (Wildman–Crippen LogP) is 3.70. The Morgan fingerprint density at radius 1 is 1.04 bits per heavy atom. The van der Waals surface area contributed by atoms with E-state index in [-0.39, 0.29) is 24.4 Å². The van der Waals surface area contributed by atoms with E-state index in [2.05, 4.69) is 10.3 Å². The Labute approximate surface area is 132 Å². The highest BCUT2D eigenvalue weighted by atomic mass is 19.1. The van der Waals surface area contributed by atoms with Gasteiger partial charge in [0.05, 0.1) is 0 Å². The van der Waals surface area contributed by atoms with Gasteiger partial charge in [0.15, 0.2) is 0 Å². The molecular weight excluding hydrogens is 298 g/mol. The standard InChI is InChI=1S/C18H16F2N2O/c19-15-5-3-6-16(20)14(15)11-22-18(23)9-8-12-10-21-17-7-2-1-4-13(12)17/h1-7,10,21H,8-9,11H2,(H,22,23). The average Bonchev–Trinajstić information content (AvgIpc) is 2.96. The van der Waals surface area contributed by atoms with Crippen LogP contribution in [0.15, 0.2) is 48.7 Å². The smallest absolute Gasteiger partial charge is 0.220 e. The van der Waals surface area contributed by atoms with Crippen molar-refractivity contribution in [1.29, 1.82) is 0 Å². The Bertz CT molecular complexity index is 822. The number of carbonyl (C=O) groups excluding carboxylic acids is 1. The van der Waals surface area contributed by atoms with E-state index in [1.807, 2.05) is 30.5 Å². The van der Waals surface area contributed by atoms with Crippen LogP contribution in [0.1, 0.15) is 17.5 Å². The zero-order valence-electron chi connectivity index (χ0n) is 12.4. The Hall–Kier alpha value is -2.69. The molecule has 0 spiro atoms. The molecule has 1 heterocycles. The zero-order valence-corrected chi connectivity index (χ0v) is 12.4. The lowest BCUT2D eigenvalue weighted by Gasteiger charge is -2.07. The van der Waals surface area contributed by atoms with Crippen LogP contribution in [0.2, 0.25) is 0 Å². The zero-order chi connectivity index (χ0) is 16.2. The van der Waals surface area contributed by atoms with Gasteiger partial charge in [0.25, 0.3) is 0 Å². The molecule has 0 fully saturated rings. The first-order chi connectivity index (χ1) is 11.1. The van der Waals surface area contributed by atoms with Crippen molar-refractivity contribution in [2.45, 2.75) is 19.4 Å². The van der Waals surface area contributed by atoms with Crippen molar-refractivity contribution < 1.29 is 13.6 Å². The minimum absolute atomic E-state index is 0.118. The molecule has 23 heavy (non-hydrogen) atoms. The number of hydrogen-bond donors (Lipinski definition) is 2. The summed E-state index contributed by atoms with van der Waals surface area (Å²) in [7, 11) is 0. The quantitative estimate of drug-likeness (QED) is 0.741. The number of hydrogen-bond acceptors (Lipinski definition) is 1. The van der Waals surface area contributed by atoms with E-state index in [0.717, 1.165) is 16.5 Å². The molecule has 0 atom stereocenters. The topological polar surface area (TPSA) is 44.9 Å². The fourth-order valence-electron chi connectivity index (χ4n) is 2.56. The van der Waals surface area contributed by atoms with E-state index < -0.39 is 11.6 Å². The summed E-state index contributed by atoms with van der Waals surface area (Å²) in [5.74, 6) is -1.54. The molecular formula is C18H16F2N2O. The van der Waals surface area contributed by atoms with Gasteiger partial charge in [0.2, 0.25) is 5.91 Å². The van der Waals surface area contributed by atoms with Crippen LogP contribution in [-0.4, -0.2) is 10.9 Å². The average molecular weight is 314 g/mol. The molecule has 3 rings (SSSR count). The summed E-state index contributed by atoms with van der Waals surface area (Å²) in [4.78, 5) is 15.1. The first kappa shape index (κ1) is 15.2. The lowest BCUT2D eigenvalue weighted by atomic mass is 10.1. The fourth-order valence-corrected chi connectivity index (χ4v) is 2.56. The van der Waals surface area contributed by atoms with Gasteiger partial charge in [0.1, 0.15) is 11.6 Å². The minimum atomic E-state index is -0.651. The van der Waals surface area contributed by atoms with Crippen LogP contribution in [0.4, 0.5) is 8.78 Å². The van der Waals surface area contributed by atoms with E-state index >= 15 is 0 Å². The maximum atomic E-state index is 13.5. The van der Waals surface area contributed by atoms with Crippen LogP contribution in [-0.2, 0) is 17.8 Å². The largest absolute Gasteiger partial charge is 0.361 e. The molecule has 0 aliphatic rings. The van der Waals surface area contributed by atoms with Crippen LogP contribution in [0.25, 0.3) is 10.9 Å². The molecule has 3 nitrogen and oxygen atoms in total. The molecule has 0 saturated carbocycles. The monoisotopic (exact) mass is 314 g/mol. The number of H-pyrrole nitrogens is 1. The Balaban J connectivity index is 1.58. The van der Waals surface area contributed by atoms with Crippen LogP contribution < -0.4 is 5.32 Å². The van der Waals surface area contributed by atoms with E-state index in [1.165, 1.54) is 18.2 Å². The summed E-state index contributed by atoms with van der Waals surface area (Å²) in [6.07, 6.45) is 2.71. The number of amides is 1. The van der Waals surface area contributed by atoms with Gasteiger partial charge in [-0.2, -0.15) is 0 Å². The lowest BCUT2D eigenvalue weighted by molar-refractivity contribution is -0.121. The number of fused-ring (bicyclic) bond motifs is 1. The maximum Gasteiger partial charge on any atom is 0.220 e. The Morgan fingerprint density at radius 2 is 1.78 bits per heavy atom. The summed E-state index contributed by atoms with van der Waals surface area (Å²) in [5.41, 5.74) is 1.96. The molecule has 0 aliphatic carbocycles. The number of carbonyl (C=O) groups is 1. The summed E-state index contributed by atoms with van der Waals surface area (Å²) in [6.45, 7) is -0.148. The number of aromatic amines is 1. The van der Waals surface area contributed by atoms with E-state index in [1.54, 1.807) is 0 Å². The van der Waals surface area contributed by atoms with Crippen molar-refractivity contribution in [2.75, 3.05) is 0 Å². The van der Waals surface area contributed by atoms with Gasteiger partial charge in [-0.05, 0) is 30.2 Å². The second-order valence-electron chi connectivity index (χ2n) is 5.34. The number of para-hydroxylation sites is 1. The van der Waals surface area contributed by atoms with Crippen LogP contribution in [0, 0.1) is 11.6 Å². The Kier molecular flexibility index (Phi) is 4.37. The van der Waals surface area contributed by atoms with Crippen LogP contribution in [0.5, 0.6) is 0 Å². The molecule has 118 valence electrons. The third-order valence-corrected chi connectivity index (χ3v) is 3.82. The molecule has 0 bridgehead atoms. The molecule has 5 heteroatoms. The molecule has 1 aromatic heterocycles. The van der Waals surface area contributed by atoms with Crippen molar-refractivity contribution in [3.05, 3.63) is 71.4 Å². The second-order valence-corrected chi connectivity index (χ2v) is 5.34. The van der Waals surface area contributed by atoms with Crippen molar-refractivity contribution in [3.63, 3.8) is 0 Å². The number of aryl methyl sites for hydroxylation is 1. The fraction of sp³-hybridized carbons (Fsp3) is 0.167. The van der Waals surface area contributed by atoms with Crippen molar-refractivity contribution in [3.8, 4) is 0 Å². The molecule has 1 amide bonds. The maximum absolute atomic E-state index is 13.5. The molecule has 0 radical (unpaired) electrons.